The molecule has 1 aromatic heterocycles. The molecule has 0 aliphatic rings. The van der Waals surface area contributed by atoms with Crippen molar-refractivity contribution in [1.29, 1.82) is 0 Å². The topological polar surface area (TPSA) is 81.1 Å². The summed E-state index contributed by atoms with van der Waals surface area (Å²) in [5.74, 6) is -0.146. The Morgan fingerprint density at radius 1 is 1.62 bits per heavy atom. The van der Waals surface area contributed by atoms with Gasteiger partial charge >= 0.3 is 0 Å². The second kappa shape index (κ2) is 4.75. The molecule has 1 heterocycles. The summed E-state index contributed by atoms with van der Waals surface area (Å²) in [7, 11) is -2.02. The summed E-state index contributed by atoms with van der Waals surface area (Å²) < 4.78 is 27.2. The average molecular weight is 245 g/mol. The van der Waals surface area contributed by atoms with E-state index in [9.17, 15) is 13.2 Å². The third kappa shape index (κ3) is 2.89. The zero-order valence-corrected chi connectivity index (χ0v) is 10.3. The second-order valence-corrected chi connectivity index (χ2v) is 5.23. The average Bonchev–Trinajstić information content (AvgIpc) is 2.63. The highest BCUT2D eigenvalue weighted by Crippen LogP contribution is 2.07. The Labute approximate surface area is 94.7 Å². The van der Waals surface area contributed by atoms with E-state index in [-0.39, 0.29) is 10.7 Å². The number of hydrogen-bond acceptors (Lipinski definition) is 4. The normalized spacial score (nSPS) is 13.7. The second-order valence-electron chi connectivity index (χ2n) is 3.51. The first kappa shape index (κ1) is 12.9. The van der Waals surface area contributed by atoms with Gasteiger partial charge in [-0.15, -0.1) is 0 Å². The zero-order valence-electron chi connectivity index (χ0n) is 9.47. The molecule has 0 saturated heterocycles. The third-order valence-corrected chi connectivity index (χ3v) is 3.65. The molecule has 16 heavy (non-hydrogen) atoms. The Balaban J connectivity index is 2.84. The summed E-state index contributed by atoms with van der Waals surface area (Å²) in [5, 5.41) is 3.77. The SMILES string of the molecule is CCC(=O)C(C)NS(=O)(=O)c1cnn(C)c1. The van der Waals surface area contributed by atoms with Gasteiger partial charge < -0.3 is 0 Å². The molecule has 0 radical (unpaired) electrons. The monoisotopic (exact) mass is 245 g/mol. The van der Waals surface area contributed by atoms with E-state index in [1.807, 2.05) is 0 Å². The molecule has 0 aliphatic carbocycles. The Hall–Kier alpha value is -1.21. The van der Waals surface area contributed by atoms with Gasteiger partial charge in [0.2, 0.25) is 10.0 Å². The predicted octanol–water partition coefficient (Wildman–Crippen LogP) is 0.0660. The van der Waals surface area contributed by atoms with Crippen LogP contribution in [-0.4, -0.2) is 30.0 Å². The van der Waals surface area contributed by atoms with Gasteiger partial charge in [0, 0.05) is 19.7 Å². The van der Waals surface area contributed by atoms with Gasteiger partial charge in [0.15, 0.2) is 0 Å². The highest BCUT2D eigenvalue weighted by atomic mass is 32.2. The number of rotatable bonds is 5. The maximum absolute atomic E-state index is 11.8. The summed E-state index contributed by atoms with van der Waals surface area (Å²) >= 11 is 0. The molecule has 0 fully saturated rings. The molecule has 1 rings (SSSR count). The van der Waals surface area contributed by atoms with E-state index < -0.39 is 16.1 Å². The van der Waals surface area contributed by atoms with Gasteiger partial charge in [0.1, 0.15) is 10.7 Å². The van der Waals surface area contributed by atoms with Gasteiger partial charge in [-0.3, -0.25) is 9.48 Å². The van der Waals surface area contributed by atoms with Crippen LogP contribution in [0.4, 0.5) is 0 Å². The van der Waals surface area contributed by atoms with Crippen LogP contribution in [-0.2, 0) is 21.9 Å². The standard InChI is InChI=1S/C9H15N3O3S/c1-4-9(13)7(2)11-16(14,15)8-5-10-12(3)6-8/h5-7,11H,4H2,1-3H3. The molecule has 0 amide bonds. The Bertz CT molecular complexity index is 478. The van der Waals surface area contributed by atoms with E-state index in [0.29, 0.717) is 6.42 Å². The predicted molar refractivity (Wildman–Crippen MR) is 58.3 cm³/mol. The lowest BCUT2D eigenvalue weighted by molar-refractivity contribution is -0.119. The molecule has 0 spiro atoms. The van der Waals surface area contributed by atoms with Crippen molar-refractivity contribution in [3.05, 3.63) is 12.4 Å². The van der Waals surface area contributed by atoms with Crippen LogP contribution in [0.25, 0.3) is 0 Å². The van der Waals surface area contributed by atoms with Crippen LogP contribution in [0, 0.1) is 0 Å². The van der Waals surface area contributed by atoms with Crippen molar-refractivity contribution >= 4 is 15.8 Å². The zero-order chi connectivity index (χ0) is 12.3. The van der Waals surface area contributed by atoms with Crippen molar-refractivity contribution in [2.75, 3.05) is 0 Å². The van der Waals surface area contributed by atoms with Gasteiger partial charge in [-0.05, 0) is 6.92 Å². The fourth-order valence-corrected chi connectivity index (χ4v) is 2.42. The van der Waals surface area contributed by atoms with Crippen molar-refractivity contribution in [3.63, 3.8) is 0 Å². The molecule has 0 bridgehead atoms. The number of carbonyl (C=O) groups is 1. The van der Waals surface area contributed by atoms with Gasteiger partial charge in [0.05, 0.1) is 12.2 Å². The van der Waals surface area contributed by atoms with E-state index in [4.69, 9.17) is 0 Å². The van der Waals surface area contributed by atoms with Crippen LogP contribution in [0.15, 0.2) is 17.3 Å². The molecular formula is C9H15N3O3S. The molecule has 90 valence electrons. The third-order valence-electron chi connectivity index (χ3n) is 2.15. The fraction of sp³-hybridized carbons (Fsp3) is 0.556. The minimum absolute atomic E-state index is 0.0609. The van der Waals surface area contributed by atoms with Crippen LogP contribution in [0.3, 0.4) is 0 Å². The van der Waals surface area contributed by atoms with Crippen molar-refractivity contribution in [1.82, 2.24) is 14.5 Å². The summed E-state index contributed by atoms with van der Waals surface area (Å²) in [6.07, 6.45) is 2.92. The van der Waals surface area contributed by atoms with Gasteiger partial charge in [-0.1, -0.05) is 6.92 Å². The molecule has 0 saturated carbocycles. The van der Waals surface area contributed by atoms with Crippen LogP contribution in [0.2, 0.25) is 0 Å². The first-order valence-electron chi connectivity index (χ1n) is 4.90. The molecule has 7 heteroatoms. The van der Waals surface area contributed by atoms with Crippen LogP contribution >= 0.6 is 0 Å². The summed E-state index contributed by atoms with van der Waals surface area (Å²) in [6.45, 7) is 3.22. The van der Waals surface area contributed by atoms with Crippen LogP contribution < -0.4 is 4.72 Å². The van der Waals surface area contributed by atoms with Crippen molar-refractivity contribution < 1.29 is 13.2 Å². The molecule has 6 nitrogen and oxygen atoms in total. The highest BCUT2D eigenvalue weighted by molar-refractivity contribution is 7.89. The number of carbonyl (C=O) groups excluding carboxylic acids is 1. The Kier molecular flexibility index (Phi) is 3.82. The summed E-state index contributed by atoms with van der Waals surface area (Å²) in [6, 6.07) is -0.713. The number of sulfonamides is 1. The number of aryl methyl sites for hydroxylation is 1. The smallest absolute Gasteiger partial charge is 0.244 e. The lowest BCUT2D eigenvalue weighted by Crippen LogP contribution is -2.38. The van der Waals surface area contributed by atoms with Crippen molar-refractivity contribution in [2.45, 2.75) is 31.2 Å². The van der Waals surface area contributed by atoms with Gasteiger partial charge in [-0.25, -0.2) is 13.1 Å². The number of nitrogens with one attached hydrogen (secondary N) is 1. The molecule has 1 unspecified atom stereocenters. The van der Waals surface area contributed by atoms with E-state index >= 15 is 0 Å². The molecule has 0 aliphatic heterocycles. The number of aromatic nitrogens is 2. The Morgan fingerprint density at radius 3 is 2.69 bits per heavy atom. The maximum atomic E-state index is 11.8. The number of hydrogen-bond donors (Lipinski definition) is 1. The van der Waals surface area contributed by atoms with Crippen molar-refractivity contribution in [3.8, 4) is 0 Å². The molecule has 1 N–H and O–H groups in total. The molecule has 0 aromatic carbocycles. The lowest BCUT2D eigenvalue weighted by atomic mass is 10.2. The van der Waals surface area contributed by atoms with E-state index in [2.05, 4.69) is 9.82 Å². The van der Waals surface area contributed by atoms with Crippen LogP contribution in [0.1, 0.15) is 20.3 Å². The Morgan fingerprint density at radius 2 is 2.25 bits per heavy atom. The van der Waals surface area contributed by atoms with Crippen LogP contribution in [0.5, 0.6) is 0 Å². The minimum atomic E-state index is -3.65. The summed E-state index contributed by atoms with van der Waals surface area (Å²) in [5.41, 5.74) is 0. The number of Topliss-reactive ketones (excluding diaryl/α,β-unsaturated/α-hetero) is 1. The lowest BCUT2D eigenvalue weighted by Gasteiger charge is -2.10. The highest BCUT2D eigenvalue weighted by Gasteiger charge is 2.21. The van der Waals surface area contributed by atoms with Gasteiger partial charge in [-0.2, -0.15) is 5.10 Å². The van der Waals surface area contributed by atoms with E-state index in [1.165, 1.54) is 24.0 Å². The first-order valence-corrected chi connectivity index (χ1v) is 6.39. The largest absolute Gasteiger partial charge is 0.298 e. The number of nitrogens with zero attached hydrogens (tertiary/aromatic N) is 2. The quantitative estimate of drug-likeness (QED) is 0.795. The van der Waals surface area contributed by atoms with E-state index in [1.54, 1.807) is 14.0 Å². The first-order chi connectivity index (χ1) is 7.36. The minimum Gasteiger partial charge on any atom is -0.298 e. The van der Waals surface area contributed by atoms with E-state index in [0.717, 1.165) is 0 Å². The molecular weight excluding hydrogens is 230 g/mol. The van der Waals surface area contributed by atoms with Crippen molar-refractivity contribution in [2.24, 2.45) is 7.05 Å². The number of ketones is 1. The van der Waals surface area contributed by atoms with Gasteiger partial charge in [0.25, 0.3) is 0 Å². The molecule has 1 atom stereocenters. The molecule has 1 aromatic rings. The maximum Gasteiger partial charge on any atom is 0.244 e. The fourth-order valence-electron chi connectivity index (χ4n) is 1.21. The summed E-state index contributed by atoms with van der Waals surface area (Å²) in [4.78, 5) is 11.3.